The number of halogens is 1. The van der Waals surface area contributed by atoms with Gasteiger partial charge in [0.25, 0.3) is 0 Å². The van der Waals surface area contributed by atoms with Crippen LogP contribution >= 0.6 is 11.6 Å². The van der Waals surface area contributed by atoms with Crippen molar-refractivity contribution < 1.29 is 4.84 Å². The first-order chi connectivity index (χ1) is 8.84. The zero-order valence-electron chi connectivity index (χ0n) is 10.1. The lowest BCUT2D eigenvalue weighted by molar-refractivity contribution is 0.194. The summed E-state index contributed by atoms with van der Waals surface area (Å²) in [6.07, 6.45) is 2.09. The topological polar surface area (TPSA) is 21.3 Å². The third kappa shape index (κ3) is 4.40. The van der Waals surface area contributed by atoms with Crippen LogP contribution in [0.25, 0.3) is 0 Å². The van der Waals surface area contributed by atoms with Gasteiger partial charge in [0, 0.05) is 11.6 Å². The largest absolute Gasteiger partial charge is 0.409 e. The third-order valence-corrected chi connectivity index (χ3v) is 2.84. The van der Waals surface area contributed by atoms with E-state index in [0.717, 1.165) is 25.1 Å². The van der Waals surface area contributed by atoms with Crippen molar-refractivity contribution in [3.63, 3.8) is 0 Å². The van der Waals surface area contributed by atoms with Gasteiger partial charge in [-0.1, -0.05) is 41.9 Å². The molecule has 0 saturated heterocycles. The van der Waals surface area contributed by atoms with Crippen LogP contribution in [0.4, 0.5) is 0 Å². The summed E-state index contributed by atoms with van der Waals surface area (Å²) < 4.78 is 0. The second-order valence-corrected chi connectivity index (χ2v) is 4.48. The molecule has 18 heavy (non-hydrogen) atoms. The monoisotopic (exact) mass is 261 g/mol. The fraction of sp³-hybridized carbons (Fsp3) is 0.200. The van der Waals surface area contributed by atoms with Crippen molar-refractivity contribution in [1.82, 2.24) is 5.48 Å². The van der Waals surface area contributed by atoms with Gasteiger partial charge in [-0.3, -0.25) is 0 Å². The van der Waals surface area contributed by atoms with E-state index in [1.54, 1.807) is 0 Å². The van der Waals surface area contributed by atoms with E-state index in [4.69, 9.17) is 16.4 Å². The Labute approximate surface area is 113 Å². The number of rotatable bonds is 6. The Bertz CT molecular complexity index is 456. The molecule has 2 nitrogen and oxygen atoms in total. The van der Waals surface area contributed by atoms with Crippen LogP contribution in [0.3, 0.4) is 0 Å². The Morgan fingerprint density at radius 3 is 2.39 bits per heavy atom. The highest BCUT2D eigenvalue weighted by Crippen LogP contribution is 2.14. The summed E-state index contributed by atoms with van der Waals surface area (Å²) >= 11 is 5.79. The molecule has 2 aromatic carbocycles. The first-order valence-corrected chi connectivity index (χ1v) is 6.41. The summed E-state index contributed by atoms with van der Waals surface area (Å²) in [5.41, 5.74) is 4.30. The maximum Gasteiger partial charge on any atom is 0.147 e. The molecule has 0 aliphatic rings. The fourth-order valence-corrected chi connectivity index (χ4v) is 1.77. The van der Waals surface area contributed by atoms with E-state index in [2.05, 4.69) is 29.7 Å². The average molecular weight is 262 g/mol. The van der Waals surface area contributed by atoms with Crippen LogP contribution < -0.4 is 10.3 Å². The Morgan fingerprint density at radius 1 is 0.944 bits per heavy atom. The first kappa shape index (κ1) is 12.9. The SMILES string of the molecule is Clc1ccc(ONCCCc2ccccc2)cc1. The minimum absolute atomic E-state index is 0.714. The number of hydrogen-bond donors (Lipinski definition) is 1. The minimum Gasteiger partial charge on any atom is -0.409 e. The number of hydroxylamine groups is 1. The van der Waals surface area contributed by atoms with E-state index >= 15 is 0 Å². The Kier molecular flexibility index (Phi) is 5.06. The summed E-state index contributed by atoms with van der Waals surface area (Å²) in [6.45, 7) is 0.817. The van der Waals surface area contributed by atoms with Crippen molar-refractivity contribution in [3.8, 4) is 5.75 Å². The Balaban J connectivity index is 1.63. The standard InChI is InChI=1S/C15H16ClNO/c16-14-8-10-15(11-9-14)18-17-12-4-7-13-5-2-1-3-6-13/h1-3,5-6,8-11,17H,4,7,12H2. The maximum absolute atomic E-state index is 5.79. The van der Waals surface area contributed by atoms with Crippen LogP contribution in [-0.2, 0) is 6.42 Å². The van der Waals surface area contributed by atoms with Gasteiger partial charge in [-0.15, -0.1) is 0 Å². The molecule has 0 unspecified atom stereocenters. The molecule has 1 N–H and O–H groups in total. The lowest BCUT2D eigenvalue weighted by atomic mass is 10.1. The van der Waals surface area contributed by atoms with E-state index in [1.165, 1.54) is 5.56 Å². The van der Waals surface area contributed by atoms with E-state index in [9.17, 15) is 0 Å². The maximum atomic E-state index is 5.79. The van der Waals surface area contributed by atoms with Gasteiger partial charge >= 0.3 is 0 Å². The van der Waals surface area contributed by atoms with E-state index in [-0.39, 0.29) is 0 Å². The van der Waals surface area contributed by atoms with Crippen molar-refractivity contribution >= 4 is 11.6 Å². The van der Waals surface area contributed by atoms with Crippen LogP contribution in [0, 0.1) is 0 Å². The van der Waals surface area contributed by atoms with Gasteiger partial charge in [-0.2, -0.15) is 5.48 Å². The number of aryl methyl sites for hydroxylation is 1. The van der Waals surface area contributed by atoms with Crippen molar-refractivity contribution in [3.05, 3.63) is 65.2 Å². The van der Waals surface area contributed by atoms with Gasteiger partial charge in [-0.25, -0.2) is 0 Å². The predicted octanol–water partition coefficient (Wildman–Crippen LogP) is 3.86. The summed E-state index contributed by atoms with van der Waals surface area (Å²) in [6, 6.07) is 17.7. The highest BCUT2D eigenvalue weighted by Gasteiger charge is 1.95. The van der Waals surface area contributed by atoms with Gasteiger partial charge in [0.05, 0.1) is 0 Å². The van der Waals surface area contributed by atoms with Gasteiger partial charge in [0.15, 0.2) is 0 Å². The molecule has 2 rings (SSSR count). The molecule has 94 valence electrons. The lowest BCUT2D eigenvalue weighted by Crippen LogP contribution is -2.20. The minimum atomic E-state index is 0.714. The number of hydrogen-bond acceptors (Lipinski definition) is 2. The molecule has 0 aliphatic carbocycles. The molecule has 3 heteroatoms. The van der Waals surface area contributed by atoms with E-state index < -0.39 is 0 Å². The van der Waals surface area contributed by atoms with Crippen LogP contribution in [0.1, 0.15) is 12.0 Å². The molecule has 0 spiro atoms. The average Bonchev–Trinajstić information content (AvgIpc) is 2.42. The quantitative estimate of drug-likeness (QED) is 0.630. The lowest BCUT2D eigenvalue weighted by Gasteiger charge is -2.07. The fourth-order valence-electron chi connectivity index (χ4n) is 1.65. The second kappa shape index (κ2) is 7.04. The first-order valence-electron chi connectivity index (χ1n) is 6.04. The summed E-state index contributed by atoms with van der Waals surface area (Å²) in [5, 5.41) is 0.714. The summed E-state index contributed by atoms with van der Waals surface area (Å²) in [4.78, 5) is 5.39. The molecule has 0 aromatic heterocycles. The highest BCUT2D eigenvalue weighted by molar-refractivity contribution is 6.30. The van der Waals surface area contributed by atoms with Crippen molar-refractivity contribution in [2.45, 2.75) is 12.8 Å². The van der Waals surface area contributed by atoms with E-state index in [0.29, 0.717) is 5.02 Å². The zero-order chi connectivity index (χ0) is 12.6. The number of benzene rings is 2. The van der Waals surface area contributed by atoms with Crippen molar-refractivity contribution in [2.24, 2.45) is 0 Å². The molecule has 0 aliphatic heterocycles. The summed E-state index contributed by atoms with van der Waals surface area (Å²) in [5.74, 6) is 0.777. The number of nitrogens with one attached hydrogen (secondary N) is 1. The molecule has 2 aromatic rings. The van der Waals surface area contributed by atoms with Gasteiger partial charge in [-0.05, 0) is 42.7 Å². The van der Waals surface area contributed by atoms with Crippen molar-refractivity contribution in [2.75, 3.05) is 6.54 Å². The highest BCUT2D eigenvalue weighted by atomic mass is 35.5. The summed E-state index contributed by atoms with van der Waals surface area (Å²) in [7, 11) is 0. The predicted molar refractivity (Wildman–Crippen MR) is 74.8 cm³/mol. The molecule has 0 bridgehead atoms. The van der Waals surface area contributed by atoms with Crippen LogP contribution in [0.15, 0.2) is 54.6 Å². The molecular weight excluding hydrogens is 246 g/mol. The molecule has 0 atom stereocenters. The van der Waals surface area contributed by atoms with Gasteiger partial charge in [0.2, 0.25) is 0 Å². The van der Waals surface area contributed by atoms with Crippen LogP contribution in [-0.4, -0.2) is 6.54 Å². The molecule has 0 fully saturated rings. The zero-order valence-corrected chi connectivity index (χ0v) is 10.9. The van der Waals surface area contributed by atoms with E-state index in [1.807, 2.05) is 30.3 Å². The van der Waals surface area contributed by atoms with Gasteiger partial charge < -0.3 is 4.84 Å². The molecule has 0 radical (unpaired) electrons. The normalized spacial score (nSPS) is 10.3. The Hall–Kier alpha value is -1.51. The van der Waals surface area contributed by atoms with Crippen LogP contribution in [0.5, 0.6) is 5.75 Å². The van der Waals surface area contributed by atoms with Crippen molar-refractivity contribution in [1.29, 1.82) is 0 Å². The van der Waals surface area contributed by atoms with Gasteiger partial charge in [0.1, 0.15) is 5.75 Å². The molecular formula is C15H16ClNO. The molecule has 0 heterocycles. The second-order valence-electron chi connectivity index (χ2n) is 4.04. The third-order valence-electron chi connectivity index (χ3n) is 2.59. The van der Waals surface area contributed by atoms with Crippen LogP contribution in [0.2, 0.25) is 5.02 Å². The molecule has 0 saturated carbocycles. The smallest absolute Gasteiger partial charge is 0.147 e. The molecule has 0 amide bonds. The Morgan fingerprint density at radius 2 is 1.67 bits per heavy atom.